The lowest BCUT2D eigenvalue weighted by Crippen LogP contribution is -1.95. The van der Waals surface area contributed by atoms with E-state index < -0.39 is 0 Å². The highest BCUT2D eigenvalue weighted by Gasteiger charge is 2.17. The lowest BCUT2D eigenvalue weighted by Gasteiger charge is -2.16. The monoisotopic (exact) mass is 639 g/mol. The second kappa shape index (κ2) is 12.6. The molecule has 50 heavy (non-hydrogen) atoms. The normalized spacial score (nSPS) is 11.2. The van der Waals surface area contributed by atoms with Crippen molar-refractivity contribution < 1.29 is 0 Å². The predicted octanol–water partition coefficient (Wildman–Crippen LogP) is 11.0. The average Bonchev–Trinajstić information content (AvgIpc) is 3.21. The molecule has 0 saturated heterocycles. The molecule has 0 N–H and O–H groups in total. The van der Waals surface area contributed by atoms with Crippen molar-refractivity contribution in [3.63, 3.8) is 0 Å². The Morgan fingerprint density at radius 2 is 1.00 bits per heavy atom. The number of para-hydroxylation sites is 1. The van der Waals surface area contributed by atoms with Gasteiger partial charge in [0.2, 0.25) is 0 Å². The Balaban J connectivity index is 1.21. The maximum absolute atomic E-state index is 5.42. The number of rotatable bonds is 6. The van der Waals surface area contributed by atoms with E-state index in [0.29, 0.717) is 0 Å². The number of hydrogen-bond acceptors (Lipinski definition) is 5. The third-order valence-corrected chi connectivity index (χ3v) is 9.08. The molecule has 9 aromatic rings. The zero-order chi connectivity index (χ0) is 33.3. The van der Waals surface area contributed by atoms with Crippen LogP contribution in [0, 0.1) is 0 Å². The molecule has 0 aliphatic carbocycles. The molecular weight excluding hydrogens is 611 g/mol. The molecule has 0 saturated carbocycles. The number of fused-ring (bicyclic) bond motifs is 3. The Morgan fingerprint density at radius 3 is 1.66 bits per heavy atom. The second-order valence-corrected chi connectivity index (χ2v) is 12.1. The van der Waals surface area contributed by atoms with Crippen molar-refractivity contribution in [2.75, 3.05) is 0 Å². The minimum Gasteiger partial charge on any atom is -0.264 e. The number of pyridine rings is 5. The van der Waals surface area contributed by atoms with Crippen LogP contribution >= 0.6 is 0 Å². The summed E-state index contributed by atoms with van der Waals surface area (Å²) in [7, 11) is 0. The van der Waals surface area contributed by atoms with Crippen molar-refractivity contribution in [1.29, 1.82) is 0 Å². The lowest BCUT2D eigenvalue weighted by molar-refractivity contribution is 1.22. The molecule has 0 radical (unpaired) electrons. The molecule has 0 aliphatic heterocycles. The zero-order valence-electron chi connectivity index (χ0n) is 27.0. The number of nitrogens with zero attached hydrogens (tertiary/aromatic N) is 5. The van der Waals surface area contributed by atoms with Crippen molar-refractivity contribution in [2.24, 2.45) is 0 Å². The maximum Gasteiger partial charge on any atom is 0.0900 e. The lowest BCUT2D eigenvalue weighted by atomic mass is 9.91. The fraction of sp³-hybridized carbons (Fsp3) is 0. The highest BCUT2D eigenvalue weighted by molar-refractivity contribution is 6.19. The molecule has 0 atom stereocenters. The molecule has 9 rings (SSSR count). The van der Waals surface area contributed by atoms with Crippen LogP contribution in [0.4, 0.5) is 0 Å². The van der Waals surface area contributed by atoms with E-state index in [4.69, 9.17) is 9.97 Å². The highest BCUT2D eigenvalue weighted by Crippen LogP contribution is 2.41. The van der Waals surface area contributed by atoms with Gasteiger partial charge in [-0.2, -0.15) is 0 Å². The van der Waals surface area contributed by atoms with Crippen LogP contribution in [0.1, 0.15) is 0 Å². The van der Waals surface area contributed by atoms with Gasteiger partial charge in [0.15, 0.2) is 0 Å². The molecule has 5 aromatic heterocycles. The van der Waals surface area contributed by atoms with Crippen LogP contribution in [0.3, 0.4) is 0 Å². The molecule has 5 nitrogen and oxygen atoms in total. The molecule has 234 valence electrons. The van der Waals surface area contributed by atoms with Gasteiger partial charge in [-0.25, -0.2) is 9.97 Å². The van der Waals surface area contributed by atoms with Crippen molar-refractivity contribution >= 4 is 21.7 Å². The Hall–Kier alpha value is -6.85. The molecule has 0 unspecified atom stereocenters. The van der Waals surface area contributed by atoms with Gasteiger partial charge in [-0.05, 0) is 64.7 Å². The fourth-order valence-corrected chi connectivity index (χ4v) is 6.72. The SMILES string of the molecule is c1ccc(-c2nc3c(-c4ccc(-c5cc(-c6ccccn6)nc(-c6ccccn6)c5)cc4)cccc3c3c(-c4cccnc4)cccc23)cc1. The third-order valence-electron chi connectivity index (χ3n) is 9.08. The van der Waals surface area contributed by atoms with Gasteiger partial charge in [-0.15, -0.1) is 0 Å². The molecular formula is C45H29N5. The van der Waals surface area contributed by atoms with E-state index in [-0.39, 0.29) is 0 Å². The van der Waals surface area contributed by atoms with E-state index in [1.54, 1.807) is 12.4 Å². The first kappa shape index (κ1) is 29.3. The van der Waals surface area contributed by atoms with Crippen molar-refractivity contribution in [3.8, 4) is 67.4 Å². The van der Waals surface area contributed by atoms with Crippen molar-refractivity contribution in [1.82, 2.24) is 24.9 Å². The highest BCUT2D eigenvalue weighted by atomic mass is 14.8. The quantitative estimate of drug-likeness (QED) is 0.169. The van der Waals surface area contributed by atoms with Crippen molar-refractivity contribution in [2.45, 2.75) is 0 Å². The van der Waals surface area contributed by atoms with E-state index in [9.17, 15) is 0 Å². The van der Waals surface area contributed by atoms with Crippen LogP contribution in [-0.2, 0) is 0 Å². The van der Waals surface area contributed by atoms with Crippen LogP contribution in [0.5, 0.6) is 0 Å². The summed E-state index contributed by atoms with van der Waals surface area (Å²) in [5.41, 5.74) is 12.7. The maximum atomic E-state index is 5.42. The zero-order valence-corrected chi connectivity index (χ0v) is 27.0. The minimum absolute atomic E-state index is 0.802. The summed E-state index contributed by atoms with van der Waals surface area (Å²) in [5.74, 6) is 0. The van der Waals surface area contributed by atoms with E-state index in [2.05, 4.69) is 118 Å². The Morgan fingerprint density at radius 1 is 0.360 bits per heavy atom. The van der Waals surface area contributed by atoms with Crippen LogP contribution < -0.4 is 0 Å². The van der Waals surface area contributed by atoms with E-state index >= 15 is 0 Å². The van der Waals surface area contributed by atoms with Gasteiger partial charge >= 0.3 is 0 Å². The summed E-state index contributed by atoms with van der Waals surface area (Å²) < 4.78 is 0. The smallest absolute Gasteiger partial charge is 0.0900 e. The number of hydrogen-bond donors (Lipinski definition) is 0. The summed E-state index contributed by atoms with van der Waals surface area (Å²) in [4.78, 5) is 24.0. The van der Waals surface area contributed by atoms with Gasteiger partial charge in [-0.1, -0.05) is 109 Å². The molecule has 4 aromatic carbocycles. The molecule has 0 amide bonds. The minimum atomic E-state index is 0.802. The summed E-state index contributed by atoms with van der Waals surface area (Å²) in [6, 6.07) is 52.2. The molecule has 5 heteroatoms. The van der Waals surface area contributed by atoms with Crippen LogP contribution in [-0.4, -0.2) is 24.9 Å². The Labute approximate surface area is 289 Å². The summed E-state index contributed by atoms with van der Waals surface area (Å²) in [5, 5.41) is 3.39. The van der Waals surface area contributed by atoms with Gasteiger partial charge < -0.3 is 0 Å². The molecule has 0 spiro atoms. The van der Waals surface area contributed by atoms with Gasteiger partial charge in [-0.3, -0.25) is 15.0 Å². The van der Waals surface area contributed by atoms with Gasteiger partial charge in [0.25, 0.3) is 0 Å². The van der Waals surface area contributed by atoms with Gasteiger partial charge in [0.05, 0.1) is 34.0 Å². The first-order valence-corrected chi connectivity index (χ1v) is 16.6. The Bertz CT molecular complexity index is 2550. The third kappa shape index (κ3) is 5.37. The first-order chi connectivity index (χ1) is 24.8. The van der Waals surface area contributed by atoms with Gasteiger partial charge in [0.1, 0.15) is 0 Å². The largest absolute Gasteiger partial charge is 0.264 e. The summed E-state index contributed by atoms with van der Waals surface area (Å²) >= 11 is 0. The molecule has 0 fully saturated rings. The first-order valence-electron chi connectivity index (χ1n) is 16.6. The fourth-order valence-electron chi connectivity index (χ4n) is 6.72. The van der Waals surface area contributed by atoms with E-state index in [0.717, 1.165) is 83.7 Å². The number of benzene rings is 4. The molecule has 0 bridgehead atoms. The van der Waals surface area contributed by atoms with E-state index in [1.165, 1.54) is 5.39 Å². The molecule has 0 aliphatic rings. The number of aromatic nitrogens is 5. The van der Waals surface area contributed by atoms with Crippen LogP contribution in [0.25, 0.3) is 89.1 Å². The standard InChI is InChI=1S/C45H29N5/c1-2-11-32(12-3-1)44-37-16-8-14-35(33-13-10-24-46-29-33)43(37)38-17-9-15-36(45(38)50-44)31-22-20-30(21-23-31)34-27-41(39-18-4-6-25-47-39)49-42(28-34)40-19-5-7-26-48-40/h1-29H. The topological polar surface area (TPSA) is 64.5 Å². The average molecular weight is 640 g/mol. The second-order valence-electron chi connectivity index (χ2n) is 12.1. The summed E-state index contributed by atoms with van der Waals surface area (Å²) in [6.45, 7) is 0. The van der Waals surface area contributed by atoms with Crippen molar-refractivity contribution in [3.05, 3.63) is 176 Å². The van der Waals surface area contributed by atoms with Gasteiger partial charge in [0, 0.05) is 57.6 Å². The molecule has 5 heterocycles. The van der Waals surface area contributed by atoms with Crippen LogP contribution in [0.2, 0.25) is 0 Å². The van der Waals surface area contributed by atoms with Crippen LogP contribution in [0.15, 0.2) is 176 Å². The van der Waals surface area contributed by atoms with E-state index in [1.807, 2.05) is 60.9 Å². The Kier molecular flexibility index (Phi) is 7.41. The summed E-state index contributed by atoms with van der Waals surface area (Å²) in [6.07, 6.45) is 7.34. The predicted molar refractivity (Wildman–Crippen MR) is 203 cm³/mol.